The Balaban J connectivity index is 1.34. The van der Waals surface area contributed by atoms with Gasteiger partial charge in [0, 0.05) is 23.1 Å². The molecule has 0 spiro atoms. The van der Waals surface area contributed by atoms with Crippen LogP contribution in [0.2, 0.25) is 0 Å². The normalized spacial score (nSPS) is 12.8. The summed E-state index contributed by atoms with van der Waals surface area (Å²) >= 11 is 1.28. The van der Waals surface area contributed by atoms with Crippen LogP contribution in [0.15, 0.2) is 47.8 Å². The van der Waals surface area contributed by atoms with Crippen molar-refractivity contribution >= 4 is 34.0 Å². The maximum Gasteiger partial charge on any atom is 0.264 e. The van der Waals surface area contributed by atoms with Gasteiger partial charge in [0.2, 0.25) is 5.91 Å². The lowest BCUT2D eigenvalue weighted by Crippen LogP contribution is -2.21. The summed E-state index contributed by atoms with van der Waals surface area (Å²) in [6.45, 7) is -0.156. The first kappa shape index (κ1) is 18.1. The number of aromatic nitrogens is 1. The molecule has 8 heteroatoms. The molecule has 0 saturated heterocycles. The number of anilines is 2. The Morgan fingerprint density at radius 1 is 1.21 bits per heavy atom. The number of fused-ring (bicyclic) bond motifs is 1. The first-order valence-corrected chi connectivity index (χ1v) is 9.52. The number of carbonyl (C=O) groups is 2. The van der Waals surface area contributed by atoms with E-state index in [0.29, 0.717) is 29.4 Å². The van der Waals surface area contributed by atoms with E-state index in [9.17, 15) is 14.0 Å². The second-order valence-electron chi connectivity index (χ2n) is 6.25. The second-order valence-corrected chi connectivity index (χ2v) is 7.11. The van der Waals surface area contributed by atoms with E-state index in [4.69, 9.17) is 4.74 Å². The predicted molar refractivity (Wildman–Crippen MR) is 105 cm³/mol. The summed E-state index contributed by atoms with van der Waals surface area (Å²) in [6.07, 6.45) is 1.09. The van der Waals surface area contributed by atoms with Gasteiger partial charge in [-0.1, -0.05) is 0 Å². The molecule has 0 unspecified atom stereocenters. The third kappa shape index (κ3) is 4.17. The van der Waals surface area contributed by atoms with Crippen molar-refractivity contribution in [1.82, 2.24) is 4.98 Å². The van der Waals surface area contributed by atoms with Crippen LogP contribution in [0.25, 0.3) is 11.3 Å². The summed E-state index contributed by atoms with van der Waals surface area (Å²) in [5.41, 5.74) is 3.21. The zero-order chi connectivity index (χ0) is 19.5. The highest BCUT2D eigenvalue weighted by molar-refractivity contribution is 7.14. The minimum Gasteiger partial charge on any atom is -0.484 e. The van der Waals surface area contributed by atoms with Crippen LogP contribution < -0.4 is 15.4 Å². The summed E-state index contributed by atoms with van der Waals surface area (Å²) in [6, 6.07) is 11.3. The van der Waals surface area contributed by atoms with Crippen molar-refractivity contribution in [3.63, 3.8) is 0 Å². The Morgan fingerprint density at radius 2 is 2.04 bits per heavy atom. The lowest BCUT2D eigenvalue weighted by atomic mass is 10.0. The number of halogens is 1. The molecule has 2 N–H and O–H groups in total. The number of hydrogen-bond donors (Lipinski definition) is 2. The Labute approximate surface area is 164 Å². The van der Waals surface area contributed by atoms with Crippen molar-refractivity contribution in [1.29, 1.82) is 0 Å². The second kappa shape index (κ2) is 7.77. The fraction of sp³-hybridized carbons (Fsp3) is 0.150. The summed E-state index contributed by atoms with van der Waals surface area (Å²) in [7, 11) is 0. The number of nitrogens with one attached hydrogen (secondary N) is 2. The summed E-state index contributed by atoms with van der Waals surface area (Å²) in [5, 5.41) is 7.73. The van der Waals surface area contributed by atoms with Crippen LogP contribution in [0.4, 0.5) is 15.2 Å². The van der Waals surface area contributed by atoms with Crippen LogP contribution in [-0.2, 0) is 16.0 Å². The lowest BCUT2D eigenvalue weighted by molar-refractivity contribution is -0.118. The summed E-state index contributed by atoms with van der Waals surface area (Å²) in [4.78, 5) is 27.9. The van der Waals surface area contributed by atoms with E-state index in [1.807, 2.05) is 6.07 Å². The molecular formula is C20H16FN3O3S. The third-order valence-corrected chi connectivity index (χ3v) is 4.99. The van der Waals surface area contributed by atoms with Crippen LogP contribution in [-0.4, -0.2) is 23.4 Å². The number of benzene rings is 2. The minimum absolute atomic E-state index is 0.00370. The van der Waals surface area contributed by atoms with Gasteiger partial charge in [0.25, 0.3) is 5.91 Å². The Kier molecular flexibility index (Phi) is 5.03. The molecule has 0 atom stereocenters. The van der Waals surface area contributed by atoms with Crippen molar-refractivity contribution in [3.8, 4) is 17.0 Å². The van der Waals surface area contributed by atoms with E-state index in [2.05, 4.69) is 15.6 Å². The predicted octanol–water partition coefficient (Wildman–Crippen LogP) is 3.85. The van der Waals surface area contributed by atoms with E-state index in [1.54, 1.807) is 29.6 Å². The quantitative estimate of drug-likeness (QED) is 0.685. The van der Waals surface area contributed by atoms with Gasteiger partial charge in [-0.15, -0.1) is 11.3 Å². The number of carbonyl (C=O) groups excluding carboxylic acids is 2. The molecule has 142 valence electrons. The van der Waals surface area contributed by atoms with Gasteiger partial charge >= 0.3 is 0 Å². The maximum atomic E-state index is 13.0. The Bertz CT molecular complexity index is 1030. The molecule has 2 aromatic carbocycles. The van der Waals surface area contributed by atoms with Crippen LogP contribution in [0, 0.1) is 5.82 Å². The summed E-state index contributed by atoms with van der Waals surface area (Å²) < 4.78 is 18.6. The van der Waals surface area contributed by atoms with Gasteiger partial charge in [-0.25, -0.2) is 9.37 Å². The highest BCUT2D eigenvalue weighted by Crippen LogP contribution is 2.27. The molecule has 1 aromatic heterocycles. The summed E-state index contributed by atoms with van der Waals surface area (Å²) in [5.74, 6) is -0.0690. The number of nitrogens with zero attached hydrogens (tertiary/aromatic N) is 1. The fourth-order valence-electron chi connectivity index (χ4n) is 2.84. The van der Waals surface area contributed by atoms with E-state index in [-0.39, 0.29) is 24.2 Å². The zero-order valence-electron chi connectivity index (χ0n) is 14.7. The fourth-order valence-corrected chi connectivity index (χ4v) is 3.57. The van der Waals surface area contributed by atoms with Crippen LogP contribution in [0.3, 0.4) is 0 Å². The molecule has 2 amide bonds. The highest BCUT2D eigenvalue weighted by atomic mass is 32.1. The number of rotatable bonds is 5. The van der Waals surface area contributed by atoms with E-state index in [0.717, 1.165) is 16.8 Å². The van der Waals surface area contributed by atoms with Crippen LogP contribution >= 0.6 is 11.3 Å². The molecule has 1 aliphatic rings. The number of thiazole rings is 1. The molecule has 2 heterocycles. The van der Waals surface area contributed by atoms with Crippen molar-refractivity contribution in [3.05, 3.63) is 59.2 Å². The molecule has 3 aromatic rings. The average molecular weight is 397 g/mol. The van der Waals surface area contributed by atoms with Gasteiger partial charge < -0.3 is 10.1 Å². The van der Waals surface area contributed by atoms with Gasteiger partial charge in [0.1, 0.15) is 11.6 Å². The number of aryl methyl sites for hydroxylation is 1. The average Bonchev–Trinajstić information content (AvgIpc) is 3.15. The monoisotopic (exact) mass is 397 g/mol. The number of ether oxygens (including phenoxy) is 1. The standard InChI is InChI=1S/C20H16FN3O3S/c21-14-4-1-12(2-5-14)17-11-28-20(23-17)24-19(26)10-27-15-6-7-16-13(9-15)3-8-18(25)22-16/h1-2,4-7,9,11H,3,8,10H2,(H,22,25)(H,23,24,26). The smallest absolute Gasteiger partial charge is 0.264 e. The molecule has 1 aliphatic heterocycles. The highest BCUT2D eigenvalue weighted by Gasteiger charge is 2.15. The molecule has 0 aliphatic carbocycles. The zero-order valence-corrected chi connectivity index (χ0v) is 15.5. The minimum atomic E-state index is -0.328. The van der Waals surface area contributed by atoms with Crippen molar-refractivity contribution in [2.24, 2.45) is 0 Å². The van der Waals surface area contributed by atoms with E-state index < -0.39 is 0 Å². The number of hydrogen-bond acceptors (Lipinski definition) is 5. The van der Waals surface area contributed by atoms with Gasteiger partial charge in [-0.2, -0.15) is 0 Å². The largest absolute Gasteiger partial charge is 0.484 e. The SMILES string of the molecule is O=C(COc1ccc2c(c1)CCC(=O)N2)Nc1nc(-c2ccc(F)cc2)cs1. The van der Waals surface area contributed by atoms with Crippen LogP contribution in [0.1, 0.15) is 12.0 Å². The molecule has 0 radical (unpaired) electrons. The molecule has 0 fully saturated rings. The molecule has 6 nitrogen and oxygen atoms in total. The topological polar surface area (TPSA) is 80.3 Å². The molecule has 4 rings (SSSR count). The molecular weight excluding hydrogens is 381 g/mol. The molecule has 28 heavy (non-hydrogen) atoms. The Morgan fingerprint density at radius 3 is 2.86 bits per heavy atom. The number of amides is 2. The van der Waals surface area contributed by atoms with Gasteiger partial charge in [-0.3, -0.25) is 14.9 Å². The van der Waals surface area contributed by atoms with Crippen LogP contribution in [0.5, 0.6) is 5.75 Å². The Hall–Kier alpha value is -3.26. The maximum absolute atomic E-state index is 13.0. The van der Waals surface area contributed by atoms with Crippen molar-refractivity contribution < 1.29 is 18.7 Å². The van der Waals surface area contributed by atoms with Gasteiger partial charge in [0.15, 0.2) is 11.7 Å². The third-order valence-electron chi connectivity index (χ3n) is 4.23. The van der Waals surface area contributed by atoms with Gasteiger partial charge in [0.05, 0.1) is 5.69 Å². The first-order chi connectivity index (χ1) is 13.6. The van der Waals surface area contributed by atoms with E-state index >= 15 is 0 Å². The first-order valence-electron chi connectivity index (χ1n) is 8.64. The molecule has 0 bridgehead atoms. The van der Waals surface area contributed by atoms with Gasteiger partial charge in [-0.05, 0) is 54.4 Å². The van der Waals surface area contributed by atoms with Crippen molar-refractivity contribution in [2.75, 3.05) is 17.2 Å². The van der Waals surface area contributed by atoms with Crippen molar-refractivity contribution in [2.45, 2.75) is 12.8 Å². The lowest BCUT2D eigenvalue weighted by Gasteiger charge is -2.17. The van der Waals surface area contributed by atoms with E-state index in [1.165, 1.54) is 23.5 Å². The molecule has 0 saturated carbocycles.